The molecule has 34 heavy (non-hydrogen) atoms. The zero-order chi connectivity index (χ0) is 24.5. The zero-order valence-electron chi connectivity index (χ0n) is 18.3. The molecule has 1 saturated heterocycles. The summed E-state index contributed by atoms with van der Waals surface area (Å²) in [5.41, 5.74) is -1.28. The highest BCUT2D eigenvalue weighted by atomic mass is 19.4. The number of nitriles is 1. The van der Waals surface area contributed by atoms with E-state index in [1.54, 1.807) is 30.3 Å². The fraction of sp³-hybridized carbons (Fsp3) is 0.320. The van der Waals surface area contributed by atoms with Crippen molar-refractivity contribution in [2.45, 2.75) is 25.4 Å². The largest absolute Gasteiger partial charge is 0.497 e. The van der Waals surface area contributed by atoms with E-state index in [1.807, 2.05) is 0 Å². The Morgan fingerprint density at radius 2 is 1.85 bits per heavy atom. The minimum absolute atomic E-state index is 0.0471. The second-order valence-electron chi connectivity index (χ2n) is 8.17. The Hall–Kier alpha value is -3.67. The van der Waals surface area contributed by atoms with Crippen molar-refractivity contribution in [2.75, 3.05) is 20.2 Å². The number of rotatable bonds is 5. The van der Waals surface area contributed by atoms with Gasteiger partial charge in [0, 0.05) is 19.0 Å². The summed E-state index contributed by atoms with van der Waals surface area (Å²) in [5, 5.41) is 9.01. The van der Waals surface area contributed by atoms with Gasteiger partial charge in [-0.25, -0.2) is 9.38 Å². The lowest BCUT2D eigenvalue weighted by Gasteiger charge is -2.21. The zero-order valence-corrected chi connectivity index (χ0v) is 18.3. The SMILES string of the molecule is COc1ccc(CC2C(c3ccc(C#N)c(F)c3)=NC(C(=O)N3CCCC3)=C2C(F)(F)F)cc1. The summed E-state index contributed by atoms with van der Waals surface area (Å²) >= 11 is 0. The number of hydrogen-bond donors (Lipinski definition) is 0. The van der Waals surface area contributed by atoms with Crippen LogP contribution in [0.25, 0.3) is 0 Å². The summed E-state index contributed by atoms with van der Waals surface area (Å²) in [5.74, 6) is -2.40. The maximum atomic E-state index is 14.4. The predicted octanol–water partition coefficient (Wildman–Crippen LogP) is 4.81. The van der Waals surface area contributed by atoms with Crippen LogP contribution in [0.5, 0.6) is 5.75 Å². The van der Waals surface area contributed by atoms with Gasteiger partial charge in [0.25, 0.3) is 5.91 Å². The van der Waals surface area contributed by atoms with Gasteiger partial charge in [0.15, 0.2) is 0 Å². The molecule has 0 aromatic heterocycles. The third kappa shape index (κ3) is 4.53. The smallest absolute Gasteiger partial charge is 0.415 e. The molecule has 2 aromatic carbocycles. The van der Waals surface area contributed by atoms with Gasteiger partial charge in [-0.05, 0) is 54.7 Å². The van der Waals surface area contributed by atoms with E-state index in [0.717, 1.165) is 6.07 Å². The number of benzene rings is 2. The van der Waals surface area contributed by atoms with E-state index in [0.29, 0.717) is 37.2 Å². The first-order valence-corrected chi connectivity index (χ1v) is 10.7. The van der Waals surface area contributed by atoms with Gasteiger partial charge in [-0.3, -0.25) is 4.79 Å². The third-order valence-corrected chi connectivity index (χ3v) is 6.05. The molecule has 2 aromatic rings. The van der Waals surface area contributed by atoms with Crippen LogP contribution in [0.2, 0.25) is 0 Å². The molecule has 0 spiro atoms. The van der Waals surface area contributed by atoms with Crippen LogP contribution in [0.4, 0.5) is 17.6 Å². The summed E-state index contributed by atoms with van der Waals surface area (Å²) in [6, 6.07) is 11.8. The normalized spacial score (nSPS) is 18.2. The van der Waals surface area contributed by atoms with Crippen LogP contribution in [0.15, 0.2) is 58.7 Å². The van der Waals surface area contributed by atoms with Gasteiger partial charge < -0.3 is 9.64 Å². The van der Waals surface area contributed by atoms with Crippen molar-refractivity contribution < 1.29 is 27.1 Å². The third-order valence-electron chi connectivity index (χ3n) is 6.05. The van der Waals surface area contributed by atoms with E-state index < -0.39 is 35.1 Å². The number of carbonyl (C=O) groups excluding carboxylic acids is 1. The molecule has 1 atom stereocenters. The number of nitrogens with zero attached hydrogens (tertiary/aromatic N) is 3. The van der Waals surface area contributed by atoms with Crippen LogP contribution in [0.1, 0.15) is 29.5 Å². The van der Waals surface area contributed by atoms with E-state index >= 15 is 0 Å². The molecule has 5 nitrogen and oxygen atoms in total. The highest BCUT2D eigenvalue weighted by molar-refractivity contribution is 6.11. The fourth-order valence-corrected chi connectivity index (χ4v) is 4.35. The molecule has 1 amide bonds. The van der Waals surface area contributed by atoms with Crippen molar-refractivity contribution in [2.24, 2.45) is 10.9 Å². The van der Waals surface area contributed by atoms with E-state index in [1.165, 1.54) is 24.1 Å². The average molecular weight is 471 g/mol. The lowest BCUT2D eigenvalue weighted by molar-refractivity contribution is -0.127. The molecule has 2 heterocycles. The number of aliphatic imine (C=N–C) groups is 1. The van der Waals surface area contributed by atoms with Crippen LogP contribution in [-0.4, -0.2) is 42.9 Å². The van der Waals surface area contributed by atoms with Crippen molar-refractivity contribution in [3.05, 3.63) is 76.2 Å². The molecule has 2 aliphatic rings. The Labute approximate surface area is 194 Å². The molecule has 0 radical (unpaired) electrons. The van der Waals surface area contributed by atoms with Crippen LogP contribution in [0.3, 0.4) is 0 Å². The number of alkyl halides is 3. The minimum atomic E-state index is -4.82. The van der Waals surface area contributed by atoms with Gasteiger partial charge in [-0.1, -0.05) is 18.2 Å². The number of amides is 1. The molecule has 0 N–H and O–H groups in total. The number of halogens is 4. The van der Waals surface area contributed by atoms with Gasteiger partial charge in [-0.15, -0.1) is 0 Å². The molecule has 2 aliphatic heterocycles. The summed E-state index contributed by atoms with van der Waals surface area (Å²) < 4.78 is 62.6. The lowest BCUT2D eigenvalue weighted by atomic mass is 9.85. The molecule has 0 saturated carbocycles. The van der Waals surface area contributed by atoms with Gasteiger partial charge in [0.2, 0.25) is 0 Å². The number of hydrogen-bond acceptors (Lipinski definition) is 4. The van der Waals surface area contributed by atoms with Crippen molar-refractivity contribution in [3.8, 4) is 11.8 Å². The second-order valence-corrected chi connectivity index (χ2v) is 8.17. The molecule has 176 valence electrons. The van der Waals surface area contributed by atoms with E-state index in [2.05, 4.69) is 4.99 Å². The molecule has 0 aliphatic carbocycles. The Morgan fingerprint density at radius 1 is 1.18 bits per heavy atom. The lowest BCUT2D eigenvalue weighted by Crippen LogP contribution is -2.31. The van der Waals surface area contributed by atoms with Crippen molar-refractivity contribution in [3.63, 3.8) is 0 Å². The molecular formula is C25H21F4N3O2. The maximum Gasteiger partial charge on any atom is 0.415 e. The second kappa shape index (κ2) is 9.29. The van der Waals surface area contributed by atoms with Crippen LogP contribution < -0.4 is 4.74 Å². The fourth-order valence-electron chi connectivity index (χ4n) is 4.35. The monoisotopic (exact) mass is 471 g/mol. The minimum Gasteiger partial charge on any atom is -0.497 e. The molecule has 4 rings (SSSR count). The Balaban J connectivity index is 1.83. The summed E-state index contributed by atoms with van der Waals surface area (Å²) in [4.78, 5) is 18.6. The first-order chi connectivity index (χ1) is 16.2. The van der Waals surface area contributed by atoms with Crippen LogP contribution >= 0.6 is 0 Å². The average Bonchev–Trinajstić information content (AvgIpc) is 3.47. The van der Waals surface area contributed by atoms with Crippen LogP contribution in [0, 0.1) is 23.1 Å². The molecule has 1 fully saturated rings. The van der Waals surface area contributed by atoms with Gasteiger partial charge in [0.05, 0.1) is 24.0 Å². The number of carbonyl (C=O) groups is 1. The first-order valence-electron chi connectivity index (χ1n) is 10.7. The van der Waals surface area contributed by atoms with Crippen molar-refractivity contribution in [1.82, 2.24) is 4.90 Å². The quantitative estimate of drug-likeness (QED) is 0.588. The van der Waals surface area contributed by atoms with E-state index in [9.17, 15) is 22.4 Å². The van der Waals surface area contributed by atoms with Gasteiger partial charge >= 0.3 is 6.18 Å². The number of methoxy groups -OCH3 is 1. The van der Waals surface area contributed by atoms with Gasteiger partial charge in [-0.2, -0.15) is 18.4 Å². The van der Waals surface area contributed by atoms with Crippen molar-refractivity contribution >= 4 is 11.6 Å². The Kier molecular flexibility index (Phi) is 6.42. The molecule has 0 bridgehead atoms. The maximum absolute atomic E-state index is 14.4. The number of ether oxygens (including phenoxy) is 1. The topological polar surface area (TPSA) is 65.7 Å². The summed E-state index contributed by atoms with van der Waals surface area (Å²) in [7, 11) is 1.48. The number of allylic oxidation sites excluding steroid dienone is 1. The molecular weight excluding hydrogens is 450 g/mol. The van der Waals surface area contributed by atoms with E-state index in [4.69, 9.17) is 10.00 Å². The summed E-state index contributed by atoms with van der Waals surface area (Å²) in [6.45, 7) is 0.736. The van der Waals surface area contributed by atoms with Crippen molar-refractivity contribution in [1.29, 1.82) is 5.26 Å². The predicted molar refractivity (Wildman–Crippen MR) is 117 cm³/mol. The van der Waals surface area contributed by atoms with Crippen LogP contribution in [-0.2, 0) is 11.2 Å². The highest BCUT2D eigenvalue weighted by Gasteiger charge is 2.49. The standard InChI is InChI=1S/C25H21F4N3O2/c1-34-18-8-4-15(5-9-18)12-19-21(25(27,28)29)23(24(33)32-10-2-3-11-32)31-22(19)16-6-7-17(14-30)20(26)13-16/h4-9,13,19H,2-3,10-12H2,1H3. The van der Waals surface area contributed by atoms with E-state index in [-0.39, 0.29) is 23.3 Å². The highest BCUT2D eigenvalue weighted by Crippen LogP contribution is 2.43. The van der Waals surface area contributed by atoms with Gasteiger partial charge in [0.1, 0.15) is 23.3 Å². The Bertz CT molecular complexity index is 1200. The Morgan fingerprint density at radius 3 is 2.41 bits per heavy atom. The molecule has 9 heteroatoms. The summed E-state index contributed by atoms with van der Waals surface area (Å²) in [6.07, 6.45) is -3.49. The first kappa shape index (κ1) is 23.5. The molecule has 1 unspecified atom stereocenters. The number of likely N-dealkylation sites (tertiary alicyclic amines) is 1.